The third-order valence-electron chi connectivity index (χ3n) is 3.30. The monoisotopic (exact) mass is 394 g/mol. The largest absolute Gasteiger partial charge is 0.481 e. The van der Waals surface area contributed by atoms with E-state index in [0.29, 0.717) is 24.4 Å². The highest BCUT2D eigenvalue weighted by Crippen LogP contribution is 2.31. The summed E-state index contributed by atoms with van der Waals surface area (Å²) < 4.78 is 10.5. The molecule has 1 heterocycles. The third-order valence-corrected chi connectivity index (χ3v) is 3.61. The van der Waals surface area contributed by atoms with Gasteiger partial charge in [-0.1, -0.05) is 11.6 Å². The molecule has 0 atom stereocenters. The van der Waals surface area contributed by atoms with Crippen LogP contribution in [0.5, 0.6) is 11.6 Å². The van der Waals surface area contributed by atoms with E-state index in [0.717, 1.165) is 0 Å². The van der Waals surface area contributed by atoms with Gasteiger partial charge in [0.1, 0.15) is 23.5 Å². The summed E-state index contributed by atoms with van der Waals surface area (Å²) in [4.78, 5) is 19.5. The van der Waals surface area contributed by atoms with Crippen LogP contribution in [0, 0.1) is 5.41 Å². The average molecular weight is 395 g/mol. The summed E-state index contributed by atoms with van der Waals surface area (Å²) in [5, 5.41) is 21.9. The molecule has 0 unspecified atom stereocenters. The van der Waals surface area contributed by atoms with Crippen molar-refractivity contribution in [3.63, 3.8) is 0 Å². The van der Waals surface area contributed by atoms with E-state index in [4.69, 9.17) is 37.3 Å². The standard InChI is InChI=1S/C16H19ClN6O4/c1-26-14(19)12-13(18)21-8-22-15(12)27-9-3-4-11(10(17)7-9)23-16(25)20-5-2-6-24/h3-4,7-8,19,24H,2,5-6H2,1H3,(H2,18,21,22)(H2,20,23,25). The van der Waals surface area contributed by atoms with Gasteiger partial charge in [0.2, 0.25) is 11.8 Å². The molecule has 11 heteroatoms. The molecule has 6 N–H and O–H groups in total. The number of aliphatic hydroxyl groups is 1. The number of urea groups is 1. The predicted molar refractivity (Wildman–Crippen MR) is 101 cm³/mol. The van der Waals surface area contributed by atoms with Gasteiger partial charge in [0.15, 0.2) is 0 Å². The van der Waals surface area contributed by atoms with Crippen molar-refractivity contribution >= 4 is 35.0 Å². The maximum Gasteiger partial charge on any atom is 0.319 e. The maximum absolute atomic E-state index is 11.7. The number of anilines is 2. The Bertz CT molecular complexity index is 833. The van der Waals surface area contributed by atoms with Gasteiger partial charge in [-0.15, -0.1) is 0 Å². The van der Waals surface area contributed by atoms with Crippen molar-refractivity contribution in [2.45, 2.75) is 6.42 Å². The number of carbonyl (C=O) groups excluding carboxylic acids is 1. The molecule has 0 aliphatic carbocycles. The van der Waals surface area contributed by atoms with Crippen molar-refractivity contribution in [3.8, 4) is 11.6 Å². The first-order chi connectivity index (χ1) is 13.0. The summed E-state index contributed by atoms with van der Waals surface area (Å²) in [6, 6.07) is 4.14. The van der Waals surface area contributed by atoms with E-state index in [1.54, 1.807) is 12.1 Å². The number of carbonyl (C=O) groups is 1. The number of hydrogen-bond acceptors (Lipinski definition) is 8. The van der Waals surface area contributed by atoms with Gasteiger partial charge in [-0.25, -0.2) is 14.8 Å². The smallest absolute Gasteiger partial charge is 0.319 e. The van der Waals surface area contributed by atoms with Gasteiger partial charge in [0, 0.05) is 19.2 Å². The highest BCUT2D eigenvalue weighted by molar-refractivity contribution is 6.33. The van der Waals surface area contributed by atoms with Crippen LogP contribution in [0.1, 0.15) is 12.0 Å². The zero-order chi connectivity index (χ0) is 19.8. The van der Waals surface area contributed by atoms with Gasteiger partial charge in [-0.05, 0) is 18.6 Å². The SMILES string of the molecule is COC(=N)c1c(N)ncnc1Oc1ccc(NC(=O)NCCCO)c(Cl)c1. The number of ether oxygens (including phenoxy) is 2. The number of aromatic nitrogens is 2. The lowest BCUT2D eigenvalue weighted by Crippen LogP contribution is -2.30. The minimum Gasteiger partial charge on any atom is -0.481 e. The summed E-state index contributed by atoms with van der Waals surface area (Å²) in [6.45, 7) is 0.327. The van der Waals surface area contributed by atoms with E-state index < -0.39 is 6.03 Å². The van der Waals surface area contributed by atoms with Crippen LogP contribution < -0.4 is 21.1 Å². The number of hydrogen-bond donors (Lipinski definition) is 5. The first-order valence-corrected chi connectivity index (χ1v) is 8.20. The second-order valence-corrected chi connectivity index (χ2v) is 5.58. The minimum absolute atomic E-state index is 0.0108. The predicted octanol–water partition coefficient (Wildman–Crippen LogP) is 1.98. The Morgan fingerprint density at radius 2 is 2.19 bits per heavy atom. The number of rotatable bonds is 7. The van der Waals surface area contributed by atoms with E-state index in [1.807, 2.05) is 0 Å². The second-order valence-electron chi connectivity index (χ2n) is 5.17. The van der Waals surface area contributed by atoms with Gasteiger partial charge < -0.3 is 30.9 Å². The first kappa shape index (κ1) is 20.2. The minimum atomic E-state index is -0.446. The number of nitrogen functional groups attached to an aromatic ring is 1. The van der Waals surface area contributed by atoms with Gasteiger partial charge in [0.25, 0.3) is 0 Å². The zero-order valence-corrected chi connectivity index (χ0v) is 15.2. The molecule has 10 nitrogen and oxygen atoms in total. The number of aliphatic hydroxyl groups excluding tert-OH is 1. The Kier molecular flexibility index (Phi) is 7.15. The van der Waals surface area contributed by atoms with E-state index in [9.17, 15) is 4.79 Å². The fraction of sp³-hybridized carbons (Fsp3) is 0.250. The molecule has 0 aliphatic heterocycles. The molecule has 0 radical (unpaired) electrons. The van der Waals surface area contributed by atoms with Gasteiger partial charge >= 0.3 is 6.03 Å². The lowest BCUT2D eigenvalue weighted by molar-refractivity contribution is 0.249. The molecule has 2 amide bonds. The Morgan fingerprint density at radius 1 is 1.41 bits per heavy atom. The number of nitrogens with one attached hydrogen (secondary N) is 3. The second kappa shape index (κ2) is 9.55. The molecule has 2 rings (SSSR count). The van der Waals surface area contributed by atoms with Crippen LogP contribution in [0.4, 0.5) is 16.3 Å². The summed E-state index contributed by atoms with van der Waals surface area (Å²) in [5.74, 6) is 0.144. The van der Waals surface area contributed by atoms with Crippen molar-refractivity contribution in [3.05, 3.63) is 35.1 Å². The average Bonchev–Trinajstić information content (AvgIpc) is 2.64. The highest BCUT2D eigenvalue weighted by atomic mass is 35.5. The number of halogens is 1. The van der Waals surface area contributed by atoms with Gasteiger partial charge in [-0.2, -0.15) is 0 Å². The lowest BCUT2D eigenvalue weighted by atomic mass is 10.2. The number of benzene rings is 1. The first-order valence-electron chi connectivity index (χ1n) is 7.82. The molecular weight excluding hydrogens is 376 g/mol. The topological polar surface area (TPSA) is 155 Å². The van der Waals surface area contributed by atoms with Crippen LogP contribution in [0.2, 0.25) is 5.02 Å². The van der Waals surface area contributed by atoms with E-state index in [2.05, 4.69) is 20.6 Å². The quantitative estimate of drug-likeness (QED) is 0.273. The lowest BCUT2D eigenvalue weighted by Gasteiger charge is -2.13. The van der Waals surface area contributed by atoms with Crippen molar-refractivity contribution in [2.75, 3.05) is 31.3 Å². The molecule has 1 aromatic heterocycles. The number of methoxy groups -OCH3 is 1. The van der Waals surface area contributed by atoms with Crippen LogP contribution in [0.3, 0.4) is 0 Å². The summed E-state index contributed by atoms with van der Waals surface area (Å²) in [6.07, 6.45) is 1.65. The third kappa shape index (κ3) is 5.43. The van der Waals surface area contributed by atoms with Crippen LogP contribution in [0.15, 0.2) is 24.5 Å². The van der Waals surface area contributed by atoms with Crippen molar-refractivity contribution < 1.29 is 19.4 Å². The Balaban J connectivity index is 2.14. The molecule has 0 aliphatic rings. The molecule has 1 aromatic carbocycles. The Hall–Kier alpha value is -3.11. The van der Waals surface area contributed by atoms with Gasteiger partial charge in [0.05, 0.1) is 17.8 Å². The van der Waals surface area contributed by atoms with Gasteiger partial charge in [-0.3, -0.25) is 5.41 Å². The highest BCUT2D eigenvalue weighted by Gasteiger charge is 2.18. The Morgan fingerprint density at radius 3 is 2.85 bits per heavy atom. The number of amides is 2. The summed E-state index contributed by atoms with van der Waals surface area (Å²) >= 11 is 6.18. The molecular formula is C16H19ClN6O4. The van der Waals surface area contributed by atoms with Crippen LogP contribution in [-0.4, -0.2) is 47.3 Å². The van der Waals surface area contributed by atoms with E-state index >= 15 is 0 Å². The Labute approximate surface area is 160 Å². The summed E-state index contributed by atoms with van der Waals surface area (Å²) in [5.41, 5.74) is 6.25. The molecule has 0 spiro atoms. The molecule has 2 aromatic rings. The molecule has 0 bridgehead atoms. The van der Waals surface area contributed by atoms with Crippen molar-refractivity contribution in [2.24, 2.45) is 0 Å². The van der Waals surface area contributed by atoms with Crippen LogP contribution in [-0.2, 0) is 4.74 Å². The molecule has 144 valence electrons. The molecule has 0 saturated heterocycles. The van der Waals surface area contributed by atoms with E-state index in [1.165, 1.54) is 19.5 Å². The van der Waals surface area contributed by atoms with Crippen LogP contribution in [0.25, 0.3) is 0 Å². The fourth-order valence-corrected chi connectivity index (χ4v) is 2.21. The molecule has 27 heavy (non-hydrogen) atoms. The van der Waals surface area contributed by atoms with Crippen molar-refractivity contribution in [1.82, 2.24) is 15.3 Å². The zero-order valence-electron chi connectivity index (χ0n) is 14.5. The maximum atomic E-state index is 11.7. The molecule has 0 saturated carbocycles. The molecule has 0 fully saturated rings. The number of nitrogens with two attached hydrogens (primary N) is 1. The normalized spacial score (nSPS) is 10.2. The summed E-state index contributed by atoms with van der Waals surface area (Å²) in [7, 11) is 1.32. The van der Waals surface area contributed by atoms with E-state index in [-0.39, 0.29) is 34.8 Å². The van der Waals surface area contributed by atoms with Crippen LogP contribution >= 0.6 is 11.6 Å². The fourth-order valence-electron chi connectivity index (χ4n) is 1.99. The van der Waals surface area contributed by atoms with Crippen molar-refractivity contribution in [1.29, 1.82) is 5.41 Å². The number of nitrogens with zero attached hydrogens (tertiary/aromatic N) is 2.